The number of aryl methyl sites for hydroxylation is 3. The van der Waals surface area contributed by atoms with Crippen LogP contribution in [0.1, 0.15) is 16.9 Å². The van der Waals surface area contributed by atoms with Crippen LogP contribution in [0, 0.1) is 6.92 Å². The predicted molar refractivity (Wildman–Crippen MR) is 71.2 cm³/mol. The van der Waals surface area contributed by atoms with Crippen LogP contribution in [0.2, 0.25) is 0 Å². The van der Waals surface area contributed by atoms with E-state index in [1.165, 1.54) is 5.56 Å². The first-order valence-electron chi connectivity index (χ1n) is 5.99. The maximum atomic E-state index is 5.48. The summed E-state index contributed by atoms with van der Waals surface area (Å²) < 4.78 is 10.7. The van der Waals surface area contributed by atoms with Gasteiger partial charge in [0.1, 0.15) is 11.5 Å². The maximum absolute atomic E-state index is 5.48. The molecule has 0 unspecified atom stereocenters. The number of hydrogen-bond acceptors (Lipinski definition) is 4. The van der Waals surface area contributed by atoms with Crippen molar-refractivity contribution in [1.82, 2.24) is 4.98 Å². The van der Waals surface area contributed by atoms with Crippen molar-refractivity contribution in [2.24, 2.45) is 0 Å². The van der Waals surface area contributed by atoms with Crippen LogP contribution in [0.15, 0.2) is 28.8 Å². The van der Waals surface area contributed by atoms with E-state index in [4.69, 9.17) is 9.15 Å². The monoisotopic (exact) mass is 246 g/mol. The summed E-state index contributed by atoms with van der Waals surface area (Å²) in [5.41, 5.74) is 2.43. The van der Waals surface area contributed by atoms with Crippen molar-refractivity contribution in [2.45, 2.75) is 19.8 Å². The molecular weight excluding hydrogens is 228 g/mol. The van der Waals surface area contributed by atoms with Crippen molar-refractivity contribution >= 4 is 6.01 Å². The number of nitrogens with zero attached hydrogens (tertiary/aromatic N) is 1. The Hall–Kier alpha value is -1.97. The lowest BCUT2D eigenvalue weighted by molar-refractivity contribution is 0.411. The van der Waals surface area contributed by atoms with E-state index >= 15 is 0 Å². The summed E-state index contributed by atoms with van der Waals surface area (Å²) in [5.74, 6) is 1.82. The Kier molecular flexibility index (Phi) is 3.87. The molecule has 1 aromatic carbocycles. The predicted octanol–water partition coefficient (Wildman–Crippen LogP) is 2.82. The number of nitrogens with one attached hydrogen (secondary N) is 1. The molecule has 0 spiro atoms. The lowest BCUT2D eigenvalue weighted by Gasteiger charge is -2.06. The summed E-state index contributed by atoms with van der Waals surface area (Å²) in [5, 5.41) is 2.88. The molecule has 1 N–H and O–H groups in total. The first-order valence-corrected chi connectivity index (χ1v) is 5.99. The quantitative estimate of drug-likeness (QED) is 0.881. The second-order valence-electron chi connectivity index (χ2n) is 4.19. The van der Waals surface area contributed by atoms with Gasteiger partial charge < -0.3 is 14.5 Å². The van der Waals surface area contributed by atoms with Crippen molar-refractivity contribution in [3.05, 3.63) is 41.3 Å². The van der Waals surface area contributed by atoms with Crippen LogP contribution in [-0.2, 0) is 12.8 Å². The molecule has 0 amide bonds. The van der Waals surface area contributed by atoms with Gasteiger partial charge in [-0.1, -0.05) is 12.1 Å². The van der Waals surface area contributed by atoms with Gasteiger partial charge in [-0.2, -0.15) is 0 Å². The van der Waals surface area contributed by atoms with E-state index in [0.717, 1.165) is 29.9 Å². The normalized spacial score (nSPS) is 10.4. The lowest BCUT2D eigenvalue weighted by atomic mass is 10.1. The zero-order valence-corrected chi connectivity index (χ0v) is 11.0. The van der Waals surface area contributed by atoms with E-state index in [9.17, 15) is 0 Å². The Bertz CT molecular complexity index is 520. The first kappa shape index (κ1) is 12.5. The zero-order valence-electron chi connectivity index (χ0n) is 11.0. The van der Waals surface area contributed by atoms with Crippen molar-refractivity contribution in [1.29, 1.82) is 0 Å². The van der Waals surface area contributed by atoms with Gasteiger partial charge >= 0.3 is 0 Å². The lowest BCUT2D eigenvalue weighted by Crippen LogP contribution is -1.93. The second-order valence-corrected chi connectivity index (χ2v) is 4.19. The van der Waals surface area contributed by atoms with Gasteiger partial charge in [-0.15, -0.1) is 0 Å². The molecule has 96 valence electrons. The van der Waals surface area contributed by atoms with E-state index in [1.807, 2.05) is 6.07 Å². The van der Waals surface area contributed by atoms with Crippen LogP contribution in [0.25, 0.3) is 0 Å². The maximum Gasteiger partial charge on any atom is 0.294 e. The molecule has 0 saturated heterocycles. The van der Waals surface area contributed by atoms with Crippen LogP contribution in [0.3, 0.4) is 0 Å². The highest BCUT2D eigenvalue weighted by Crippen LogP contribution is 2.20. The number of rotatable bonds is 5. The molecule has 1 heterocycles. The van der Waals surface area contributed by atoms with Gasteiger partial charge in [0.25, 0.3) is 6.01 Å². The Labute approximate surface area is 107 Å². The van der Waals surface area contributed by atoms with Crippen LogP contribution in [0.4, 0.5) is 6.01 Å². The topological polar surface area (TPSA) is 47.3 Å². The van der Waals surface area contributed by atoms with Gasteiger partial charge in [-0.3, -0.25) is 0 Å². The summed E-state index contributed by atoms with van der Waals surface area (Å²) in [6, 6.07) is 6.80. The molecular formula is C14H18N2O2. The average molecular weight is 246 g/mol. The largest absolute Gasteiger partial charge is 0.496 e. The summed E-state index contributed by atoms with van der Waals surface area (Å²) in [4.78, 5) is 4.09. The molecule has 0 radical (unpaired) electrons. The van der Waals surface area contributed by atoms with Crippen molar-refractivity contribution in [3.8, 4) is 5.75 Å². The summed E-state index contributed by atoms with van der Waals surface area (Å²) in [7, 11) is 3.48. The number of oxazole rings is 1. The number of anilines is 1. The molecule has 0 bridgehead atoms. The molecule has 0 atom stereocenters. The minimum Gasteiger partial charge on any atom is -0.496 e. The number of aromatic nitrogens is 1. The smallest absolute Gasteiger partial charge is 0.294 e. The molecule has 1 aromatic heterocycles. The van der Waals surface area contributed by atoms with Gasteiger partial charge in [0.05, 0.1) is 13.3 Å². The fourth-order valence-electron chi connectivity index (χ4n) is 1.90. The molecule has 2 aromatic rings. The third-order valence-corrected chi connectivity index (χ3v) is 2.89. The molecule has 0 fully saturated rings. The molecule has 0 aliphatic rings. The van der Waals surface area contributed by atoms with Gasteiger partial charge in [0.15, 0.2) is 0 Å². The Morgan fingerprint density at radius 1 is 1.33 bits per heavy atom. The number of ether oxygens (including phenoxy) is 1. The van der Waals surface area contributed by atoms with E-state index in [0.29, 0.717) is 6.01 Å². The fraction of sp³-hybridized carbons (Fsp3) is 0.357. The Morgan fingerprint density at radius 2 is 2.17 bits per heavy atom. The molecule has 2 rings (SSSR count). The second kappa shape index (κ2) is 5.58. The highest BCUT2D eigenvalue weighted by Gasteiger charge is 2.04. The van der Waals surface area contributed by atoms with E-state index in [2.05, 4.69) is 29.4 Å². The summed E-state index contributed by atoms with van der Waals surface area (Å²) in [6.07, 6.45) is 3.55. The molecule has 4 nitrogen and oxygen atoms in total. The first-order chi connectivity index (χ1) is 8.72. The highest BCUT2D eigenvalue weighted by atomic mass is 16.5. The molecule has 0 aliphatic carbocycles. The van der Waals surface area contributed by atoms with Gasteiger partial charge in [-0.05, 0) is 30.5 Å². The zero-order chi connectivity index (χ0) is 13.0. The molecule has 18 heavy (non-hydrogen) atoms. The van der Waals surface area contributed by atoms with E-state index in [1.54, 1.807) is 20.4 Å². The highest BCUT2D eigenvalue weighted by molar-refractivity contribution is 5.36. The Morgan fingerprint density at radius 3 is 2.78 bits per heavy atom. The van der Waals surface area contributed by atoms with Crippen LogP contribution in [0.5, 0.6) is 5.75 Å². The minimum atomic E-state index is 0.566. The summed E-state index contributed by atoms with van der Waals surface area (Å²) >= 11 is 0. The number of methoxy groups -OCH3 is 1. The average Bonchev–Trinajstić information content (AvgIpc) is 2.84. The van der Waals surface area contributed by atoms with Crippen LogP contribution in [-0.4, -0.2) is 19.1 Å². The van der Waals surface area contributed by atoms with Gasteiger partial charge in [0.2, 0.25) is 0 Å². The summed E-state index contributed by atoms with van der Waals surface area (Å²) in [6.45, 7) is 2.05. The van der Waals surface area contributed by atoms with Gasteiger partial charge in [0, 0.05) is 13.5 Å². The van der Waals surface area contributed by atoms with Gasteiger partial charge in [-0.25, -0.2) is 4.98 Å². The third kappa shape index (κ3) is 2.83. The SMILES string of the molecule is CNc1ncc(CCc2ccc(OC)c(C)c2)o1. The minimum absolute atomic E-state index is 0.566. The van der Waals surface area contributed by atoms with Crippen LogP contribution < -0.4 is 10.1 Å². The van der Waals surface area contributed by atoms with Crippen molar-refractivity contribution in [2.75, 3.05) is 19.5 Å². The fourth-order valence-corrected chi connectivity index (χ4v) is 1.90. The van der Waals surface area contributed by atoms with Crippen molar-refractivity contribution < 1.29 is 9.15 Å². The standard InChI is InChI=1S/C14H18N2O2/c1-10-8-11(5-7-13(10)17-3)4-6-12-9-16-14(15-2)18-12/h5,7-9H,4,6H2,1-3H3,(H,15,16). The number of benzene rings is 1. The van der Waals surface area contributed by atoms with E-state index < -0.39 is 0 Å². The molecule has 0 aliphatic heterocycles. The molecule has 4 heteroatoms. The number of hydrogen-bond donors (Lipinski definition) is 1. The molecule has 0 saturated carbocycles. The van der Waals surface area contributed by atoms with E-state index in [-0.39, 0.29) is 0 Å². The Balaban J connectivity index is 1.99. The van der Waals surface area contributed by atoms with Crippen molar-refractivity contribution in [3.63, 3.8) is 0 Å². The van der Waals surface area contributed by atoms with Crippen LogP contribution >= 0.6 is 0 Å². The third-order valence-electron chi connectivity index (χ3n) is 2.89.